The lowest BCUT2D eigenvalue weighted by molar-refractivity contribution is -0.145. The molecule has 2 aliphatic rings. The number of alkyl halides is 6. The highest BCUT2D eigenvalue weighted by atomic mass is 19.4. The molecule has 216 valence electrons. The van der Waals surface area contributed by atoms with E-state index in [2.05, 4.69) is 10.6 Å². The van der Waals surface area contributed by atoms with Gasteiger partial charge < -0.3 is 20.4 Å². The number of rotatable bonds is 6. The Morgan fingerprint density at radius 3 is 2.15 bits per heavy atom. The summed E-state index contributed by atoms with van der Waals surface area (Å²) in [6.45, 7) is 1.83. The van der Waals surface area contributed by atoms with Crippen LogP contribution in [-0.4, -0.2) is 79.4 Å². The normalized spacial score (nSPS) is 18.9. The van der Waals surface area contributed by atoms with Gasteiger partial charge in [0.1, 0.15) is 6.04 Å². The van der Waals surface area contributed by atoms with Crippen molar-refractivity contribution in [2.24, 2.45) is 0 Å². The summed E-state index contributed by atoms with van der Waals surface area (Å²) in [7, 11) is 0. The smallest absolute Gasteiger partial charge is 0.369 e. The van der Waals surface area contributed by atoms with E-state index in [0.29, 0.717) is 31.9 Å². The molecule has 2 fully saturated rings. The first-order valence-electron chi connectivity index (χ1n) is 12.5. The zero-order valence-electron chi connectivity index (χ0n) is 21.2. The Balaban J connectivity index is 1.34. The molecule has 0 aliphatic carbocycles. The summed E-state index contributed by atoms with van der Waals surface area (Å²) >= 11 is 0. The van der Waals surface area contributed by atoms with Crippen molar-refractivity contribution in [3.05, 3.63) is 59.7 Å². The van der Waals surface area contributed by atoms with Gasteiger partial charge in [0.25, 0.3) is 0 Å². The largest absolute Gasteiger partial charge is 0.416 e. The van der Waals surface area contributed by atoms with Crippen LogP contribution in [0.5, 0.6) is 0 Å². The van der Waals surface area contributed by atoms with E-state index in [-0.39, 0.29) is 25.3 Å². The molecule has 2 saturated heterocycles. The zero-order valence-corrected chi connectivity index (χ0v) is 21.2. The van der Waals surface area contributed by atoms with E-state index in [4.69, 9.17) is 0 Å². The van der Waals surface area contributed by atoms with Crippen molar-refractivity contribution in [1.82, 2.24) is 15.1 Å². The van der Waals surface area contributed by atoms with E-state index in [0.717, 1.165) is 30.3 Å². The molecular weight excluding hydrogens is 544 g/mol. The molecule has 3 amide bonds. The third-order valence-corrected chi connectivity index (χ3v) is 6.77. The molecule has 8 nitrogen and oxygen atoms in total. The van der Waals surface area contributed by atoms with Crippen LogP contribution >= 0.6 is 0 Å². The fraction of sp³-hybridized carbons (Fsp3) is 0.423. The van der Waals surface area contributed by atoms with Crippen molar-refractivity contribution >= 4 is 29.1 Å². The molecule has 40 heavy (non-hydrogen) atoms. The number of nitrogens with one attached hydrogen (secondary N) is 2. The van der Waals surface area contributed by atoms with Crippen LogP contribution in [0.2, 0.25) is 0 Å². The van der Waals surface area contributed by atoms with E-state index in [1.807, 2.05) is 4.90 Å². The van der Waals surface area contributed by atoms with Crippen LogP contribution in [0.15, 0.2) is 48.5 Å². The van der Waals surface area contributed by atoms with Crippen LogP contribution in [0.25, 0.3) is 0 Å². The summed E-state index contributed by atoms with van der Waals surface area (Å²) in [6.07, 6.45) is -9.49. The number of halogens is 6. The van der Waals surface area contributed by atoms with E-state index in [9.17, 15) is 40.7 Å². The maximum Gasteiger partial charge on any atom is 0.416 e. The summed E-state index contributed by atoms with van der Waals surface area (Å²) < 4.78 is 78.1. The number of anilines is 2. The molecule has 2 aromatic carbocycles. The van der Waals surface area contributed by atoms with E-state index < -0.39 is 53.7 Å². The van der Waals surface area contributed by atoms with Crippen LogP contribution in [0, 0.1) is 0 Å². The fourth-order valence-corrected chi connectivity index (χ4v) is 4.70. The topological polar surface area (TPSA) is 85.0 Å². The maximum absolute atomic E-state index is 13.1. The second-order valence-corrected chi connectivity index (χ2v) is 9.54. The van der Waals surface area contributed by atoms with Gasteiger partial charge in [-0.15, -0.1) is 0 Å². The average Bonchev–Trinajstić information content (AvgIpc) is 2.89. The predicted octanol–water partition coefficient (Wildman–Crippen LogP) is 3.20. The minimum Gasteiger partial charge on any atom is -0.369 e. The summed E-state index contributed by atoms with van der Waals surface area (Å²) in [6, 6.07) is 7.97. The zero-order chi connectivity index (χ0) is 29.1. The van der Waals surface area contributed by atoms with Gasteiger partial charge in [-0.3, -0.25) is 19.3 Å². The van der Waals surface area contributed by atoms with Crippen molar-refractivity contribution in [3.63, 3.8) is 0 Å². The molecule has 2 heterocycles. The Bertz CT molecular complexity index is 1240. The highest BCUT2D eigenvalue weighted by Gasteiger charge is 2.36. The van der Waals surface area contributed by atoms with Gasteiger partial charge >= 0.3 is 12.4 Å². The monoisotopic (exact) mass is 571 g/mol. The first-order valence-corrected chi connectivity index (χ1v) is 12.5. The molecule has 0 bridgehead atoms. The van der Waals surface area contributed by atoms with Crippen LogP contribution in [0.3, 0.4) is 0 Å². The van der Waals surface area contributed by atoms with Crippen LogP contribution in [0.1, 0.15) is 17.5 Å². The fourth-order valence-electron chi connectivity index (χ4n) is 4.70. The summed E-state index contributed by atoms with van der Waals surface area (Å²) in [4.78, 5) is 43.2. The summed E-state index contributed by atoms with van der Waals surface area (Å²) in [5.41, 5.74) is -1.34. The second-order valence-electron chi connectivity index (χ2n) is 9.54. The molecule has 0 aromatic heterocycles. The number of piperazine rings is 2. The molecule has 0 spiro atoms. The minimum absolute atomic E-state index is 0.0601. The SMILES string of the molecule is O=C(CC1C(=O)NCCN1C(=O)CN1CCN(c2cccc(C(F)(F)F)c2)CC1)Nc1cccc(C(F)(F)F)c1. The second kappa shape index (κ2) is 11.7. The van der Waals surface area contributed by atoms with Gasteiger partial charge in [-0.05, 0) is 36.4 Å². The third-order valence-electron chi connectivity index (χ3n) is 6.77. The quantitative estimate of drug-likeness (QED) is 0.521. The molecule has 2 aromatic rings. The number of carbonyl (C=O) groups excluding carboxylic acids is 3. The molecule has 0 saturated carbocycles. The van der Waals surface area contributed by atoms with Gasteiger partial charge in [0.2, 0.25) is 17.7 Å². The third kappa shape index (κ3) is 7.23. The van der Waals surface area contributed by atoms with Crippen molar-refractivity contribution in [3.8, 4) is 0 Å². The lowest BCUT2D eigenvalue weighted by Gasteiger charge is -2.39. The van der Waals surface area contributed by atoms with Gasteiger partial charge in [-0.1, -0.05) is 12.1 Å². The van der Waals surface area contributed by atoms with Crippen LogP contribution in [0.4, 0.5) is 37.7 Å². The molecule has 1 unspecified atom stereocenters. The van der Waals surface area contributed by atoms with E-state index in [1.165, 1.54) is 17.0 Å². The Kier molecular flexibility index (Phi) is 8.57. The van der Waals surface area contributed by atoms with E-state index in [1.54, 1.807) is 11.0 Å². The van der Waals surface area contributed by atoms with Gasteiger partial charge in [0.05, 0.1) is 24.1 Å². The Morgan fingerprint density at radius 2 is 1.50 bits per heavy atom. The highest BCUT2D eigenvalue weighted by molar-refractivity contribution is 5.97. The standard InChI is InChI=1S/C26H27F6N5O3/c27-25(28,29)17-3-1-5-19(13-17)34-22(38)15-21-24(40)33-7-8-37(21)23(39)16-35-9-11-36(12-10-35)20-6-2-4-18(14-20)26(30,31)32/h1-6,13-14,21H,7-12,15-16H2,(H,33,40)(H,34,38). The predicted molar refractivity (Wildman–Crippen MR) is 133 cm³/mol. The Morgan fingerprint density at radius 1 is 0.875 bits per heavy atom. The summed E-state index contributed by atoms with van der Waals surface area (Å²) in [5.74, 6) is -1.68. The first-order chi connectivity index (χ1) is 18.8. The Hall–Kier alpha value is -3.81. The molecule has 2 N–H and O–H groups in total. The number of benzene rings is 2. The van der Waals surface area contributed by atoms with Crippen molar-refractivity contribution in [1.29, 1.82) is 0 Å². The number of hydrogen-bond donors (Lipinski definition) is 2. The maximum atomic E-state index is 13.1. The number of nitrogens with zero attached hydrogens (tertiary/aromatic N) is 3. The first kappa shape index (κ1) is 29.2. The highest BCUT2D eigenvalue weighted by Crippen LogP contribution is 2.32. The van der Waals surface area contributed by atoms with Gasteiger partial charge in [-0.25, -0.2) is 0 Å². The average molecular weight is 572 g/mol. The lowest BCUT2D eigenvalue weighted by Crippen LogP contribution is -2.60. The van der Waals surface area contributed by atoms with Gasteiger partial charge in [0, 0.05) is 50.6 Å². The minimum atomic E-state index is -4.59. The van der Waals surface area contributed by atoms with Crippen molar-refractivity contribution < 1.29 is 40.7 Å². The number of amides is 3. The molecule has 4 rings (SSSR count). The molecular formula is C26H27F6N5O3. The molecule has 14 heteroatoms. The van der Waals surface area contributed by atoms with Gasteiger partial charge in [-0.2, -0.15) is 26.3 Å². The number of carbonyl (C=O) groups is 3. The molecule has 0 radical (unpaired) electrons. The van der Waals surface area contributed by atoms with Crippen LogP contribution in [-0.2, 0) is 26.7 Å². The summed E-state index contributed by atoms with van der Waals surface area (Å²) in [5, 5.41) is 4.95. The van der Waals surface area contributed by atoms with Gasteiger partial charge in [0.15, 0.2) is 0 Å². The van der Waals surface area contributed by atoms with Crippen molar-refractivity contribution in [2.75, 3.05) is 56.0 Å². The molecule has 1 atom stereocenters. The molecule has 2 aliphatic heterocycles. The van der Waals surface area contributed by atoms with E-state index >= 15 is 0 Å². The van der Waals surface area contributed by atoms with Crippen LogP contribution < -0.4 is 15.5 Å². The van der Waals surface area contributed by atoms with Crippen molar-refractivity contribution in [2.45, 2.75) is 24.8 Å². The lowest BCUT2D eigenvalue weighted by atomic mass is 10.1. The number of hydrogen-bond acceptors (Lipinski definition) is 5. The Labute approximate surface area is 225 Å².